The Morgan fingerprint density at radius 1 is 0.692 bits per heavy atom. The number of nitrogens with zero attached hydrogens (tertiary/aromatic N) is 1. The third kappa shape index (κ3) is 3.62. The van der Waals surface area contributed by atoms with E-state index in [0.717, 1.165) is 27.8 Å². The smallest absolute Gasteiger partial charge is 0.248 e. The van der Waals surface area contributed by atoms with Crippen LogP contribution in [-0.2, 0) is 20.8 Å². The highest BCUT2D eigenvalue weighted by molar-refractivity contribution is 6.11. The molecule has 0 unspecified atom stereocenters. The predicted molar refractivity (Wildman–Crippen MR) is 144 cm³/mol. The summed E-state index contributed by atoms with van der Waals surface area (Å²) >= 11 is 0. The minimum Gasteiger partial charge on any atom is -0.324 e. The van der Waals surface area contributed by atoms with Gasteiger partial charge in [0.2, 0.25) is 17.7 Å². The second-order valence-corrected chi connectivity index (χ2v) is 10.5. The summed E-state index contributed by atoms with van der Waals surface area (Å²) in [4.78, 5) is 43.5. The van der Waals surface area contributed by atoms with Crippen molar-refractivity contribution in [2.24, 2.45) is 11.8 Å². The first kappa shape index (κ1) is 23.5. The first-order valence-corrected chi connectivity index (χ1v) is 13.2. The number of benzene rings is 4. The number of likely N-dealkylation sites (tertiary alicyclic amines) is 1. The molecule has 1 fully saturated rings. The van der Waals surface area contributed by atoms with Gasteiger partial charge in [-0.2, -0.15) is 0 Å². The van der Waals surface area contributed by atoms with Gasteiger partial charge in [0.05, 0.1) is 11.8 Å². The zero-order valence-corrected chi connectivity index (χ0v) is 21.0. The number of hydrogen-bond acceptors (Lipinski definition) is 3. The van der Waals surface area contributed by atoms with E-state index < -0.39 is 29.6 Å². The average Bonchev–Trinajstić information content (AvgIpc) is 3.23. The summed E-state index contributed by atoms with van der Waals surface area (Å²) in [5, 5.41) is 2.81. The van der Waals surface area contributed by atoms with E-state index >= 15 is 0 Å². The van der Waals surface area contributed by atoms with E-state index in [-0.39, 0.29) is 30.1 Å². The van der Waals surface area contributed by atoms with E-state index in [0.29, 0.717) is 5.69 Å². The zero-order valence-electron chi connectivity index (χ0n) is 21.0. The maximum atomic E-state index is 14.3. The van der Waals surface area contributed by atoms with Crippen molar-refractivity contribution in [2.45, 2.75) is 24.3 Å². The quantitative estimate of drug-likeness (QED) is 0.368. The molecule has 0 radical (unpaired) electrons. The fraction of sp³-hybridized carbons (Fsp3) is 0.182. The summed E-state index contributed by atoms with van der Waals surface area (Å²) in [5.41, 5.74) is 5.57. The Labute approximate surface area is 225 Å². The summed E-state index contributed by atoms with van der Waals surface area (Å²) < 4.78 is 13.5. The van der Waals surface area contributed by atoms with Gasteiger partial charge in [0.1, 0.15) is 11.9 Å². The summed E-state index contributed by atoms with van der Waals surface area (Å²) in [6, 6.07) is 29.9. The van der Waals surface area contributed by atoms with E-state index in [9.17, 15) is 18.8 Å². The van der Waals surface area contributed by atoms with Gasteiger partial charge in [0, 0.05) is 23.9 Å². The Morgan fingerprint density at radius 3 is 1.64 bits per heavy atom. The number of amides is 3. The highest BCUT2D eigenvalue weighted by atomic mass is 19.1. The molecule has 0 aromatic heterocycles. The lowest BCUT2D eigenvalue weighted by Gasteiger charge is -2.45. The number of halogens is 1. The van der Waals surface area contributed by atoms with Crippen molar-refractivity contribution in [3.05, 3.63) is 137 Å². The normalized spacial score (nSPS) is 23.2. The topological polar surface area (TPSA) is 66.5 Å². The number of imide groups is 1. The summed E-state index contributed by atoms with van der Waals surface area (Å²) in [6.07, 6.45) is 0.181. The first-order valence-electron chi connectivity index (χ1n) is 13.2. The van der Waals surface area contributed by atoms with E-state index in [2.05, 4.69) is 29.6 Å². The van der Waals surface area contributed by atoms with Gasteiger partial charge in [-0.1, -0.05) is 78.9 Å². The molecule has 0 spiro atoms. The fourth-order valence-electron chi connectivity index (χ4n) is 6.90. The van der Waals surface area contributed by atoms with E-state index in [1.165, 1.54) is 29.2 Å². The molecule has 1 N–H and O–H groups in total. The Kier molecular flexibility index (Phi) is 5.44. The molecule has 6 heteroatoms. The van der Waals surface area contributed by atoms with E-state index in [4.69, 9.17) is 0 Å². The van der Waals surface area contributed by atoms with Crippen LogP contribution in [0, 0.1) is 17.7 Å². The molecule has 192 valence electrons. The van der Waals surface area contributed by atoms with Crippen LogP contribution in [0.1, 0.15) is 39.7 Å². The van der Waals surface area contributed by atoms with Gasteiger partial charge in [-0.25, -0.2) is 4.39 Å². The molecular formula is C33H25FN2O3. The lowest BCUT2D eigenvalue weighted by atomic mass is 9.55. The summed E-state index contributed by atoms with van der Waals surface area (Å²) in [7, 11) is 0. The van der Waals surface area contributed by atoms with Crippen molar-refractivity contribution in [1.29, 1.82) is 0 Å². The summed E-state index contributed by atoms with van der Waals surface area (Å²) in [5.74, 6) is -3.13. The number of anilines is 1. The largest absolute Gasteiger partial charge is 0.324 e. The highest BCUT2D eigenvalue weighted by Gasteiger charge is 2.63. The van der Waals surface area contributed by atoms with Gasteiger partial charge in [0.15, 0.2) is 0 Å². The van der Waals surface area contributed by atoms with Crippen LogP contribution in [0.25, 0.3) is 0 Å². The lowest BCUT2D eigenvalue weighted by molar-refractivity contribution is -0.146. The van der Waals surface area contributed by atoms with Crippen LogP contribution >= 0.6 is 0 Å². The van der Waals surface area contributed by atoms with Crippen LogP contribution in [0.5, 0.6) is 0 Å². The Bertz CT molecular complexity index is 1500. The van der Waals surface area contributed by atoms with Gasteiger partial charge in [-0.3, -0.25) is 19.3 Å². The first-order chi connectivity index (χ1) is 19.0. The Balaban J connectivity index is 1.31. The molecule has 3 amide bonds. The average molecular weight is 517 g/mol. The number of hydrogen-bond donors (Lipinski definition) is 1. The maximum Gasteiger partial charge on any atom is 0.248 e. The van der Waals surface area contributed by atoms with Gasteiger partial charge in [0.25, 0.3) is 0 Å². The van der Waals surface area contributed by atoms with Crippen LogP contribution in [0.3, 0.4) is 0 Å². The molecule has 39 heavy (non-hydrogen) atoms. The maximum absolute atomic E-state index is 14.3. The molecule has 0 saturated carbocycles. The highest BCUT2D eigenvalue weighted by Crippen LogP contribution is 2.61. The molecule has 1 saturated heterocycles. The van der Waals surface area contributed by atoms with Crippen molar-refractivity contribution in [3.63, 3.8) is 0 Å². The third-order valence-electron chi connectivity index (χ3n) is 8.48. The van der Waals surface area contributed by atoms with E-state index in [1.807, 2.05) is 54.6 Å². The SMILES string of the molecule is O=C(Nc1ccc(F)cc1)[C@H](Cc1ccccc1)N1C(=O)[C@H]2C3c4ccccc4C(c4ccccc43)[C@@H]2C1=O. The lowest BCUT2D eigenvalue weighted by Crippen LogP contribution is -2.49. The molecule has 4 aromatic carbocycles. The van der Waals surface area contributed by atoms with Crippen molar-refractivity contribution in [2.75, 3.05) is 5.32 Å². The predicted octanol–water partition coefficient (Wildman–Crippen LogP) is 5.27. The van der Waals surface area contributed by atoms with Crippen LogP contribution in [0.15, 0.2) is 103 Å². The van der Waals surface area contributed by atoms with Crippen molar-refractivity contribution in [3.8, 4) is 0 Å². The van der Waals surface area contributed by atoms with Gasteiger partial charge >= 0.3 is 0 Å². The number of carbonyl (C=O) groups excluding carboxylic acids is 3. The summed E-state index contributed by atoms with van der Waals surface area (Å²) in [6.45, 7) is 0. The monoisotopic (exact) mass is 516 g/mol. The van der Waals surface area contributed by atoms with Crippen LogP contribution in [0.4, 0.5) is 10.1 Å². The molecule has 2 bridgehead atoms. The molecular weight excluding hydrogens is 491 g/mol. The molecule has 3 aliphatic carbocycles. The molecule has 4 aliphatic rings. The standard InChI is InChI=1S/C33H25FN2O3/c34-20-14-16-21(17-15-20)35-31(37)26(18-19-8-2-1-3-9-19)36-32(38)29-27-22-10-4-5-11-23(22)28(30(29)33(36)39)25-13-7-6-12-24(25)27/h1-17,26-30H,18H2,(H,35,37)/t26-,27?,28?,29-,30-/m0/s1. The minimum absolute atomic E-state index is 0.181. The van der Waals surface area contributed by atoms with Crippen molar-refractivity contribution < 1.29 is 18.8 Å². The van der Waals surface area contributed by atoms with Gasteiger partial charge in [-0.15, -0.1) is 0 Å². The van der Waals surface area contributed by atoms with Crippen LogP contribution < -0.4 is 5.32 Å². The minimum atomic E-state index is -1.05. The number of carbonyl (C=O) groups is 3. The van der Waals surface area contributed by atoms with Crippen molar-refractivity contribution >= 4 is 23.4 Å². The molecule has 3 atom stereocenters. The number of rotatable bonds is 5. The van der Waals surface area contributed by atoms with Gasteiger partial charge < -0.3 is 5.32 Å². The fourth-order valence-corrected chi connectivity index (χ4v) is 6.90. The number of nitrogens with one attached hydrogen (secondary N) is 1. The molecule has 4 aromatic rings. The third-order valence-corrected chi connectivity index (χ3v) is 8.48. The molecule has 5 nitrogen and oxygen atoms in total. The second kappa shape index (κ2) is 9.02. The zero-order chi connectivity index (χ0) is 26.7. The Morgan fingerprint density at radius 2 is 1.15 bits per heavy atom. The Hall–Kier alpha value is -4.58. The van der Waals surface area contributed by atoms with Crippen LogP contribution in [0.2, 0.25) is 0 Å². The molecule has 1 heterocycles. The molecule has 8 rings (SSSR count). The van der Waals surface area contributed by atoms with Crippen molar-refractivity contribution in [1.82, 2.24) is 4.90 Å². The van der Waals surface area contributed by atoms with Gasteiger partial charge in [-0.05, 0) is 52.1 Å². The van der Waals surface area contributed by atoms with E-state index in [1.54, 1.807) is 0 Å². The van der Waals surface area contributed by atoms with Crippen LogP contribution in [-0.4, -0.2) is 28.7 Å². The second-order valence-electron chi connectivity index (χ2n) is 10.5. The molecule has 1 aliphatic heterocycles.